The Labute approximate surface area is 108 Å². The number of carbonyl (C=O) groups excluding carboxylic acids is 2. The smallest absolute Gasteiger partial charge is 0.411 e. The third kappa shape index (κ3) is 4.45. The van der Waals surface area contributed by atoms with Crippen LogP contribution in [0.1, 0.15) is 10.4 Å². The number of ether oxygens (including phenoxy) is 2. The van der Waals surface area contributed by atoms with Crippen LogP contribution in [-0.2, 0) is 9.47 Å². The van der Waals surface area contributed by atoms with Crippen LogP contribution in [0.25, 0.3) is 0 Å². The zero-order valence-electron chi connectivity index (χ0n) is 10.2. The fourth-order valence-electron chi connectivity index (χ4n) is 1.23. The van der Waals surface area contributed by atoms with E-state index in [1.54, 1.807) is 0 Å². The molecule has 1 rings (SSSR count). The molecule has 19 heavy (non-hydrogen) atoms. The van der Waals surface area contributed by atoms with E-state index in [4.69, 9.17) is 14.7 Å². The molecule has 4 N–H and O–H groups in total. The summed E-state index contributed by atoms with van der Waals surface area (Å²) in [5.74, 6) is -1.24. The Balaban J connectivity index is 2.63. The Hall–Kier alpha value is -2.32. The second kappa shape index (κ2) is 7.19. The van der Waals surface area contributed by atoms with E-state index in [-0.39, 0.29) is 30.2 Å². The zero-order valence-corrected chi connectivity index (χ0v) is 10.2. The van der Waals surface area contributed by atoms with Crippen molar-refractivity contribution in [3.05, 3.63) is 23.8 Å². The normalized spacial score (nSPS) is 9.79. The maximum absolute atomic E-state index is 11.3. The van der Waals surface area contributed by atoms with Gasteiger partial charge in [-0.2, -0.15) is 0 Å². The molecule has 0 spiro atoms. The molecule has 0 saturated carbocycles. The van der Waals surface area contributed by atoms with E-state index < -0.39 is 12.0 Å². The molecule has 0 bridgehead atoms. The van der Waals surface area contributed by atoms with Gasteiger partial charge in [-0.25, -0.2) is 10.3 Å². The van der Waals surface area contributed by atoms with Crippen molar-refractivity contribution in [3.63, 3.8) is 0 Å². The van der Waals surface area contributed by atoms with Crippen LogP contribution in [0.2, 0.25) is 0 Å². The van der Waals surface area contributed by atoms with Gasteiger partial charge in [-0.05, 0) is 12.1 Å². The number of phenols is 1. The molecule has 0 unspecified atom stereocenters. The Bertz CT molecular complexity index is 462. The lowest BCUT2D eigenvalue weighted by Gasteiger charge is -2.08. The maximum Gasteiger partial charge on any atom is 0.411 e. The first-order chi connectivity index (χ1) is 9.08. The summed E-state index contributed by atoms with van der Waals surface area (Å²) in [6, 6.07) is 3.77. The number of benzene rings is 1. The van der Waals surface area contributed by atoms with E-state index in [1.165, 1.54) is 24.7 Å². The van der Waals surface area contributed by atoms with Crippen molar-refractivity contribution in [1.29, 1.82) is 0 Å². The van der Waals surface area contributed by atoms with Crippen molar-refractivity contribution in [2.45, 2.75) is 0 Å². The summed E-state index contributed by atoms with van der Waals surface area (Å²) in [5.41, 5.74) is 1.51. The minimum Gasteiger partial charge on any atom is -0.507 e. The average Bonchev–Trinajstić information content (AvgIpc) is 2.38. The molecule has 8 heteroatoms. The van der Waals surface area contributed by atoms with Crippen molar-refractivity contribution in [2.24, 2.45) is 0 Å². The molecule has 0 aliphatic carbocycles. The zero-order chi connectivity index (χ0) is 14.3. The fraction of sp³-hybridized carbons (Fsp3) is 0.273. The summed E-state index contributed by atoms with van der Waals surface area (Å²) < 4.78 is 9.45. The van der Waals surface area contributed by atoms with Gasteiger partial charge in [0.2, 0.25) is 0 Å². The van der Waals surface area contributed by atoms with Crippen LogP contribution in [0.5, 0.6) is 5.75 Å². The molecule has 0 heterocycles. The number of amides is 2. The van der Waals surface area contributed by atoms with Gasteiger partial charge in [-0.15, -0.1) is 0 Å². The lowest BCUT2D eigenvalue weighted by atomic mass is 10.1. The highest BCUT2D eigenvalue weighted by Gasteiger charge is 2.11. The van der Waals surface area contributed by atoms with Gasteiger partial charge in [0.05, 0.1) is 12.2 Å². The summed E-state index contributed by atoms with van der Waals surface area (Å²) >= 11 is 0. The molecule has 0 aromatic heterocycles. The maximum atomic E-state index is 11.3. The summed E-state index contributed by atoms with van der Waals surface area (Å²) in [4.78, 5) is 22.4. The van der Waals surface area contributed by atoms with Gasteiger partial charge < -0.3 is 14.6 Å². The predicted molar refractivity (Wildman–Crippen MR) is 64.2 cm³/mol. The largest absolute Gasteiger partial charge is 0.507 e. The van der Waals surface area contributed by atoms with Crippen LogP contribution in [0.3, 0.4) is 0 Å². The Morgan fingerprint density at radius 3 is 2.63 bits per heavy atom. The van der Waals surface area contributed by atoms with Crippen molar-refractivity contribution in [1.82, 2.24) is 5.48 Å². The van der Waals surface area contributed by atoms with Gasteiger partial charge in [0.1, 0.15) is 12.4 Å². The minimum absolute atomic E-state index is 0.0965. The van der Waals surface area contributed by atoms with Crippen LogP contribution in [0, 0.1) is 0 Å². The van der Waals surface area contributed by atoms with Gasteiger partial charge >= 0.3 is 6.09 Å². The molecule has 2 amide bonds. The molecular formula is C11H14N2O6. The van der Waals surface area contributed by atoms with E-state index in [1.807, 2.05) is 0 Å². The number of hydrogen-bond donors (Lipinski definition) is 4. The van der Waals surface area contributed by atoms with Crippen molar-refractivity contribution in [3.8, 4) is 5.75 Å². The quantitative estimate of drug-likeness (QED) is 0.355. The average molecular weight is 270 g/mol. The van der Waals surface area contributed by atoms with Gasteiger partial charge in [-0.1, -0.05) is 0 Å². The first-order valence-corrected chi connectivity index (χ1v) is 5.28. The number of hydroxylamine groups is 1. The lowest BCUT2D eigenvalue weighted by Crippen LogP contribution is -2.19. The van der Waals surface area contributed by atoms with Crippen LogP contribution < -0.4 is 10.8 Å². The molecule has 8 nitrogen and oxygen atoms in total. The second-order valence-electron chi connectivity index (χ2n) is 3.43. The van der Waals surface area contributed by atoms with Crippen molar-refractivity contribution in [2.75, 3.05) is 25.6 Å². The Morgan fingerprint density at radius 2 is 2.05 bits per heavy atom. The topological polar surface area (TPSA) is 117 Å². The third-order valence-corrected chi connectivity index (χ3v) is 2.11. The molecule has 0 atom stereocenters. The first-order valence-electron chi connectivity index (χ1n) is 5.28. The number of rotatable bonds is 5. The summed E-state index contributed by atoms with van der Waals surface area (Å²) in [6.07, 6.45) is -0.712. The minimum atomic E-state index is -0.855. The number of carbonyl (C=O) groups is 2. The van der Waals surface area contributed by atoms with Crippen molar-refractivity contribution < 1.29 is 29.4 Å². The number of hydrogen-bond acceptors (Lipinski definition) is 6. The molecule has 0 radical (unpaired) electrons. The van der Waals surface area contributed by atoms with Crippen molar-refractivity contribution >= 4 is 17.7 Å². The fourth-order valence-corrected chi connectivity index (χ4v) is 1.23. The second-order valence-corrected chi connectivity index (χ2v) is 3.43. The molecule has 104 valence electrons. The molecule has 1 aromatic carbocycles. The summed E-state index contributed by atoms with van der Waals surface area (Å²) in [6.45, 7) is 0.369. The number of methoxy groups -OCH3 is 1. The van der Waals surface area contributed by atoms with E-state index >= 15 is 0 Å². The predicted octanol–water partition coefficient (Wildman–Crippen LogP) is 0.706. The van der Waals surface area contributed by atoms with Gasteiger partial charge in [0.25, 0.3) is 5.91 Å². The van der Waals surface area contributed by atoms with E-state index in [9.17, 15) is 14.7 Å². The molecule has 0 fully saturated rings. The SMILES string of the molecule is COCCOC(=O)Nc1ccc(C(=O)NO)c(O)c1. The Kier molecular flexibility index (Phi) is 5.58. The summed E-state index contributed by atoms with van der Waals surface area (Å²) in [7, 11) is 1.48. The van der Waals surface area contributed by atoms with E-state index in [2.05, 4.69) is 5.32 Å². The standard InChI is InChI=1S/C11H14N2O6/c1-18-4-5-19-11(16)12-7-2-3-8(9(14)6-7)10(15)13-17/h2-3,6,14,17H,4-5H2,1H3,(H,12,16)(H,13,15). The number of nitrogens with one attached hydrogen (secondary N) is 2. The van der Waals surface area contributed by atoms with E-state index in [0.29, 0.717) is 0 Å². The summed E-state index contributed by atoms with van der Waals surface area (Å²) in [5, 5.41) is 20.3. The highest BCUT2D eigenvalue weighted by molar-refractivity contribution is 5.97. The molecule has 0 aliphatic heterocycles. The lowest BCUT2D eigenvalue weighted by molar-refractivity contribution is 0.0703. The van der Waals surface area contributed by atoms with Crippen LogP contribution in [0.15, 0.2) is 18.2 Å². The van der Waals surface area contributed by atoms with Gasteiger partial charge in [-0.3, -0.25) is 15.3 Å². The van der Waals surface area contributed by atoms with Gasteiger partial charge in [0, 0.05) is 18.9 Å². The third-order valence-electron chi connectivity index (χ3n) is 2.11. The monoisotopic (exact) mass is 270 g/mol. The first kappa shape index (κ1) is 14.7. The van der Waals surface area contributed by atoms with Crippen LogP contribution >= 0.6 is 0 Å². The highest BCUT2D eigenvalue weighted by Crippen LogP contribution is 2.21. The molecule has 0 aliphatic rings. The highest BCUT2D eigenvalue weighted by atomic mass is 16.6. The van der Waals surface area contributed by atoms with E-state index in [0.717, 1.165) is 6.07 Å². The number of aromatic hydroxyl groups is 1. The molecule has 1 aromatic rings. The number of anilines is 1. The van der Waals surface area contributed by atoms with Gasteiger partial charge in [0.15, 0.2) is 0 Å². The van der Waals surface area contributed by atoms with Crippen LogP contribution in [0.4, 0.5) is 10.5 Å². The Morgan fingerprint density at radius 1 is 1.32 bits per heavy atom. The number of phenolic OH excluding ortho intramolecular Hbond substituents is 1. The molecular weight excluding hydrogens is 256 g/mol. The van der Waals surface area contributed by atoms with Crippen LogP contribution in [-0.4, -0.2) is 42.6 Å². The molecule has 0 saturated heterocycles.